The van der Waals surface area contributed by atoms with Crippen molar-refractivity contribution in [3.63, 3.8) is 0 Å². The van der Waals surface area contributed by atoms with Crippen LogP contribution in [0.4, 0.5) is 15.8 Å². The molecule has 0 saturated carbocycles. The summed E-state index contributed by atoms with van der Waals surface area (Å²) in [6.07, 6.45) is 0.643. The first kappa shape index (κ1) is 28.3. The number of ketones is 1. The fraction of sp³-hybridized carbons (Fsp3) is 0.147. The van der Waals surface area contributed by atoms with Crippen LogP contribution in [0, 0.1) is 5.82 Å². The summed E-state index contributed by atoms with van der Waals surface area (Å²) in [4.78, 5) is 36.5. The molecule has 0 aliphatic rings. The van der Waals surface area contributed by atoms with Crippen LogP contribution < -0.4 is 10.6 Å². The summed E-state index contributed by atoms with van der Waals surface area (Å²) in [5.41, 5.74) is 4.15. The Hall–Kier alpha value is -5.24. The maximum absolute atomic E-state index is 13.5. The van der Waals surface area contributed by atoms with Gasteiger partial charge in [-0.25, -0.2) is 4.39 Å². The van der Waals surface area contributed by atoms with Crippen molar-refractivity contribution in [2.45, 2.75) is 31.7 Å². The van der Waals surface area contributed by atoms with Gasteiger partial charge in [-0.3, -0.25) is 14.4 Å². The van der Waals surface area contributed by atoms with Gasteiger partial charge in [0.15, 0.2) is 5.78 Å². The molecule has 42 heavy (non-hydrogen) atoms. The highest BCUT2D eigenvalue weighted by atomic mass is 19.1. The minimum absolute atomic E-state index is 0.0613. The van der Waals surface area contributed by atoms with Gasteiger partial charge in [0.05, 0.1) is 0 Å². The second-order valence-corrected chi connectivity index (χ2v) is 9.99. The van der Waals surface area contributed by atoms with E-state index in [-0.39, 0.29) is 36.8 Å². The Labute approximate surface area is 242 Å². The quantitative estimate of drug-likeness (QED) is 0.137. The second kappa shape index (κ2) is 13.0. The SMILES string of the molecule is O=C(O)CCCC(=O)c1ccc(N[C@@H](Cc2ccc(F)cc2)C(=O)Nc2ccc(-c3cc4ccccc4o3)cc2)cc1. The fourth-order valence-corrected chi connectivity index (χ4v) is 4.63. The van der Waals surface area contributed by atoms with Gasteiger partial charge in [-0.1, -0.05) is 30.3 Å². The normalized spacial score (nSPS) is 11.6. The number of furan rings is 1. The molecule has 3 N–H and O–H groups in total. The number of carbonyl (C=O) groups excluding carboxylic acids is 2. The third kappa shape index (κ3) is 7.28. The van der Waals surface area contributed by atoms with E-state index in [9.17, 15) is 18.8 Å². The van der Waals surface area contributed by atoms with Crippen LogP contribution in [0.15, 0.2) is 108 Å². The number of benzene rings is 4. The molecule has 0 saturated heterocycles. The van der Waals surface area contributed by atoms with Crippen molar-refractivity contribution in [3.05, 3.63) is 120 Å². The number of fused-ring (bicyclic) bond motifs is 1. The molecule has 0 fully saturated rings. The van der Waals surface area contributed by atoms with Crippen molar-refractivity contribution < 1.29 is 28.3 Å². The molecule has 212 valence electrons. The molecule has 5 aromatic rings. The van der Waals surface area contributed by atoms with E-state index in [0.717, 1.165) is 27.9 Å². The van der Waals surface area contributed by atoms with E-state index in [1.165, 1.54) is 12.1 Å². The van der Waals surface area contributed by atoms with Crippen LogP contribution in [0.5, 0.6) is 0 Å². The molecule has 0 aliphatic carbocycles. The number of carboxylic acid groups (broad SMARTS) is 1. The molecule has 0 spiro atoms. The average molecular weight is 565 g/mol. The maximum atomic E-state index is 13.5. The standard InChI is InChI=1S/C34H29FN2O5/c35-26-14-8-22(9-15-26)20-29(36-27-16-10-23(11-17-27)30(38)5-3-7-33(39)40)34(41)37-28-18-12-24(13-19-28)32-21-25-4-1-2-6-31(25)42-32/h1-2,4,6,8-19,21,29,36H,3,5,7,20H2,(H,37,41)(H,39,40)/t29-/m0/s1. The second-order valence-electron chi connectivity index (χ2n) is 9.99. The van der Waals surface area contributed by atoms with Gasteiger partial charge in [0.1, 0.15) is 23.2 Å². The molecule has 8 heteroatoms. The fourth-order valence-electron chi connectivity index (χ4n) is 4.63. The molecular weight excluding hydrogens is 535 g/mol. The number of carboxylic acids is 1. The lowest BCUT2D eigenvalue weighted by Crippen LogP contribution is -2.36. The molecule has 5 rings (SSSR count). The van der Waals surface area contributed by atoms with Gasteiger partial charge in [0.25, 0.3) is 0 Å². The molecular formula is C34H29FN2O5. The largest absolute Gasteiger partial charge is 0.481 e. The molecule has 0 bridgehead atoms. The zero-order chi connectivity index (χ0) is 29.5. The smallest absolute Gasteiger partial charge is 0.303 e. The molecule has 1 atom stereocenters. The van der Waals surface area contributed by atoms with Gasteiger partial charge in [0.2, 0.25) is 5.91 Å². The van der Waals surface area contributed by atoms with Crippen LogP contribution in [0.2, 0.25) is 0 Å². The number of Topliss-reactive ketones (excluding diaryl/α,β-unsaturated/α-hetero) is 1. The van der Waals surface area contributed by atoms with Crippen LogP contribution in [-0.2, 0) is 16.0 Å². The lowest BCUT2D eigenvalue weighted by molar-refractivity contribution is -0.137. The Balaban J connectivity index is 1.28. The highest BCUT2D eigenvalue weighted by Crippen LogP contribution is 2.28. The van der Waals surface area contributed by atoms with Crippen LogP contribution >= 0.6 is 0 Å². The molecule has 0 aliphatic heterocycles. The molecule has 7 nitrogen and oxygen atoms in total. The molecule has 4 aromatic carbocycles. The predicted octanol–water partition coefficient (Wildman–Crippen LogP) is 7.34. The first-order valence-corrected chi connectivity index (χ1v) is 13.6. The average Bonchev–Trinajstić information content (AvgIpc) is 3.43. The molecule has 0 radical (unpaired) electrons. The highest BCUT2D eigenvalue weighted by Gasteiger charge is 2.20. The van der Waals surface area contributed by atoms with Gasteiger partial charge in [-0.2, -0.15) is 0 Å². The van der Waals surface area contributed by atoms with Crippen LogP contribution in [0.3, 0.4) is 0 Å². The van der Waals surface area contributed by atoms with Gasteiger partial charge >= 0.3 is 5.97 Å². The number of carbonyl (C=O) groups is 3. The zero-order valence-electron chi connectivity index (χ0n) is 22.7. The van der Waals surface area contributed by atoms with E-state index in [1.807, 2.05) is 42.5 Å². The van der Waals surface area contributed by atoms with Crippen molar-refractivity contribution in [2.24, 2.45) is 0 Å². The number of amides is 1. The number of hydrogen-bond acceptors (Lipinski definition) is 5. The first-order chi connectivity index (χ1) is 20.3. The number of para-hydroxylation sites is 1. The van der Waals surface area contributed by atoms with Crippen LogP contribution in [0.25, 0.3) is 22.3 Å². The Morgan fingerprint density at radius 3 is 2.19 bits per heavy atom. The molecule has 1 aromatic heterocycles. The summed E-state index contributed by atoms with van der Waals surface area (Å²) in [5.74, 6) is -0.997. The van der Waals surface area contributed by atoms with Gasteiger partial charge in [-0.05, 0) is 84.8 Å². The summed E-state index contributed by atoms with van der Waals surface area (Å²) in [6, 6.07) is 29.1. The van der Waals surface area contributed by atoms with Crippen LogP contribution in [-0.4, -0.2) is 28.8 Å². The van der Waals surface area contributed by atoms with Crippen molar-refractivity contribution in [1.29, 1.82) is 0 Å². The Morgan fingerprint density at radius 2 is 1.50 bits per heavy atom. The first-order valence-electron chi connectivity index (χ1n) is 13.6. The number of halogens is 1. The van der Waals surface area contributed by atoms with Crippen molar-refractivity contribution in [1.82, 2.24) is 0 Å². The topological polar surface area (TPSA) is 109 Å². The van der Waals surface area contributed by atoms with Crippen LogP contribution in [0.1, 0.15) is 35.2 Å². The summed E-state index contributed by atoms with van der Waals surface area (Å²) < 4.78 is 19.4. The summed E-state index contributed by atoms with van der Waals surface area (Å²) in [7, 11) is 0. The van der Waals surface area contributed by atoms with E-state index in [1.54, 1.807) is 48.5 Å². The summed E-state index contributed by atoms with van der Waals surface area (Å²) in [6.45, 7) is 0. The minimum atomic E-state index is -0.935. The third-order valence-electron chi connectivity index (χ3n) is 6.87. The van der Waals surface area contributed by atoms with Crippen molar-refractivity contribution in [3.8, 4) is 11.3 Å². The Kier molecular flexibility index (Phi) is 8.72. The summed E-state index contributed by atoms with van der Waals surface area (Å²) in [5, 5.41) is 16.0. The number of hydrogen-bond donors (Lipinski definition) is 3. The van der Waals surface area contributed by atoms with Crippen molar-refractivity contribution in [2.75, 3.05) is 10.6 Å². The maximum Gasteiger partial charge on any atom is 0.303 e. The summed E-state index contributed by atoms with van der Waals surface area (Å²) >= 11 is 0. The van der Waals surface area contributed by atoms with Gasteiger partial charge < -0.3 is 20.2 Å². The van der Waals surface area contributed by atoms with E-state index in [4.69, 9.17) is 9.52 Å². The monoisotopic (exact) mass is 564 g/mol. The Morgan fingerprint density at radius 1 is 0.810 bits per heavy atom. The van der Waals surface area contributed by atoms with E-state index < -0.39 is 12.0 Å². The minimum Gasteiger partial charge on any atom is -0.481 e. The third-order valence-corrected chi connectivity index (χ3v) is 6.87. The Bertz CT molecular complexity index is 1660. The van der Waals surface area contributed by atoms with E-state index in [0.29, 0.717) is 23.4 Å². The molecule has 1 amide bonds. The van der Waals surface area contributed by atoms with Gasteiger partial charge in [-0.15, -0.1) is 0 Å². The van der Waals surface area contributed by atoms with E-state index in [2.05, 4.69) is 10.6 Å². The van der Waals surface area contributed by atoms with Crippen molar-refractivity contribution >= 4 is 40.0 Å². The zero-order valence-corrected chi connectivity index (χ0v) is 22.7. The highest BCUT2D eigenvalue weighted by molar-refractivity contribution is 5.98. The van der Waals surface area contributed by atoms with Gasteiger partial charge in [0, 0.05) is 47.2 Å². The molecule has 1 heterocycles. The number of aliphatic carboxylic acids is 1. The number of nitrogens with one attached hydrogen (secondary N) is 2. The van der Waals surface area contributed by atoms with E-state index >= 15 is 0 Å². The molecule has 0 unspecified atom stereocenters. The number of rotatable bonds is 12. The lowest BCUT2D eigenvalue weighted by atomic mass is 10.0. The lowest BCUT2D eigenvalue weighted by Gasteiger charge is -2.20. The predicted molar refractivity (Wildman–Crippen MR) is 160 cm³/mol. The number of anilines is 2.